The Kier molecular flexibility index (Phi) is 4.32. The molecule has 0 unspecified atom stereocenters. The van der Waals surface area contributed by atoms with E-state index in [9.17, 15) is 9.59 Å². The summed E-state index contributed by atoms with van der Waals surface area (Å²) in [6.07, 6.45) is 1.57. The molecule has 1 heterocycles. The average Bonchev–Trinajstić information content (AvgIpc) is 2.47. The summed E-state index contributed by atoms with van der Waals surface area (Å²) in [5.41, 5.74) is 7.77. The SMILES string of the molecule is Cn1ccc(C(=O)NCc2ccccc2CN)cc1=O. The highest BCUT2D eigenvalue weighted by molar-refractivity contribution is 5.93. The van der Waals surface area contributed by atoms with Crippen molar-refractivity contribution in [1.29, 1.82) is 0 Å². The van der Waals surface area contributed by atoms with Gasteiger partial charge in [0.25, 0.3) is 11.5 Å². The summed E-state index contributed by atoms with van der Waals surface area (Å²) in [6, 6.07) is 10.6. The minimum atomic E-state index is -0.269. The summed E-state index contributed by atoms with van der Waals surface area (Å²) in [6.45, 7) is 0.819. The molecule has 0 bridgehead atoms. The molecule has 104 valence electrons. The molecule has 0 aliphatic heterocycles. The standard InChI is InChI=1S/C15H17N3O2/c1-18-7-6-11(8-14(18)19)15(20)17-10-13-5-3-2-4-12(13)9-16/h2-8H,9-10,16H2,1H3,(H,17,20). The molecule has 0 aliphatic rings. The monoisotopic (exact) mass is 271 g/mol. The van der Waals surface area contributed by atoms with Crippen molar-refractivity contribution in [3.05, 3.63) is 69.6 Å². The van der Waals surface area contributed by atoms with Crippen LogP contribution in [0.4, 0.5) is 0 Å². The number of nitrogens with one attached hydrogen (secondary N) is 1. The molecular weight excluding hydrogens is 254 g/mol. The molecule has 2 rings (SSSR count). The van der Waals surface area contributed by atoms with Gasteiger partial charge < -0.3 is 15.6 Å². The zero-order valence-corrected chi connectivity index (χ0v) is 11.3. The number of nitrogens with two attached hydrogens (primary N) is 1. The Morgan fingerprint density at radius 2 is 1.95 bits per heavy atom. The molecule has 0 spiro atoms. The normalized spacial score (nSPS) is 10.3. The Morgan fingerprint density at radius 3 is 2.60 bits per heavy atom. The fraction of sp³-hybridized carbons (Fsp3) is 0.200. The Balaban J connectivity index is 2.08. The van der Waals surface area contributed by atoms with Gasteiger partial charge >= 0.3 is 0 Å². The van der Waals surface area contributed by atoms with Crippen molar-refractivity contribution in [2.45, 2.75) is 13.1 Å². The van der Waals surface area contributed by atoms with Gasteiger partial charge in [-0.05, 0) is 17.2 Å². The van der Waals surface area contributed by atoms with Crippen LogP contribution in [0.5, 0.6) is 0 Å². The number of aryl methyl sites for hydroxylation is 1. The Bertz CT molecular complexity index is 677. The predicted molar refractivity (Wildman–Crippen MR) is 77.2 cm³/mol. The van der Waals surface area contributed by atoms with E-state index in [4.69, 9.17) is 5.73 Å². The molecule has 1 aromatic heterocycles. The zero-order valence-electron chi connectivity index (χ0n) is 11.3. The molecule has 2 aromatic rings. The molecule has 5 heteroatoms. The summed E-state index contributed by atoms with van der Waals surface area (Å²) in [5, 5.41) is 2.79. The third-order valence-electron chi connectivity index (χ3n) is 3.14. The number of nitrogens with zero attached hydrogens (tertiary/aromatic N) is 1. The molecule has 0 atom stereocenters. The van der Waals surface area contributed by atoms with Crippen molar-refractivity contribution >= 4 is 5.91 Å². The fourth-order valence-corrected chi connectivity index (χ4v) is 1.90. The number of rotatable bonds is 4. The molecule has 0 saturated heterocycles. The van der Waals surface area contributed by atoms with Gasteiger partial charge in [-0.25, -0.2) is 0 Å². The first-order valence-electron chi connectivity index (χ1n) is 6.33. The van der Waals surface area contributed by atoms with E-state index < -0.39 is 0 Å². The number of hydrogen-bond acceptors (Lipinski definition) is 3. The topological polar surface area (TPSA) is 77.1 Å². The van der Waals surface area contributed by atoms with Crippen LogP contribution in [0, 0.1) is 0 Å². The number of benzene rings is 1. The molecule has 0 fully saturated rings. The number of carbonyl (C=O) groups excluding carboxylic acids is 1. The Hall–Kier alpha value is -2.40. The van der Waals surface area contributed by atoms with Gasteiger partial charge in [0, 0.05) is 38.0 Å². The summed E-state index contributed by atoms with van der Waals surface area (Å²) in [4.78, 5) is 23.5. The van der Waals surface area contributed by atoms with Crippen LogP contribution in [0.2, 0.25) is 0 Å². The van der Waals surface area contributed by atoms with E-state index >= 15 is 0 Å². The minimum absolute atomic E-state index is 0.208. The van der Waals surface area contributed by atoms with E-state index in [2.05, 4.69) is 5.32 Å². The van der Waals surface area contributed by atoms with E-state index in [1.807, 2.05) is 24.3 Å². The van der Waals surface area contributed by atoms with Crippen LogP contribution in [-0.4, -0.2) is 10.5 Å². The lowest BCUT2D eigenvalue weighted by atomic mass is 10.1. The lowest BCUT2D eigenvalue weighted by Gasteiger charge is -2.09. The molecule has 20 heavy (non-hydrogen) atoms. The molecule has 1 amide bonds. The number of hydrogen-bond donors (Lipinski definition) is 2. The van der Waals surface area contributed by atoms with Crippen LogP contribution in [0.1, 0.15) is 21.5 Å². The van der Waals surface area contributed by atoms with Crippen molar-refractivity contribution in [2.24, 2.45) is 12.8 Å². The maximum atomic E-state index is 12.0. The van der Waals surface area contributed by atoms with Crippen LogP contribution >= 0.6 is 0 Å². The second kappa shape index (κ2) is 6.16. The van der Waals surface area contributed by atoms with Crippen LogP contribution in [-0.2, 0) is 20.1 Å². The number of carbonyl (C=O) groups is 1. The van der Waals surface area contributed by atoms with Gasteiger partial charge in [0.1, 0.15) is 0 Å². The lowest BCUT2D eigenvalue weighted by Crippen LogP contribution is -2.26. The van der Waals surface area contributed by atoms with Crippen molar-refractivity contribution in [3.8, 4) is 0 Å². The van der Waals surface area contributed by atoms with Crippen LogP contribution < -0.4 is 16.6 Å². The summed E-state index contributed by atoms with van der Waals surface area (Å²) in [5.74, 6) is -0.269. The third-order valence-corrected chi connectivity index (χ3v) is 3.14. The van der Waals surface area contributed by atoms with Crippen molar-refractivity contribution in [2.75, 3.05) is 0 Å². The van der Waals surface area contributed by atoms with E-state index in [0.717, 1.165) is 11.1 Å². The molecule has 0 radical (unpaired) electrons. The first-order chi connectivity index (χ1) is 9.61. The highest BCUT2D eigenvalue weighted by atomic mass is 16.2. The molecule has 0 aliphatic carbocycles. The molecule has 5 nitrogen and oxygen atoms in total. The van der Waals surface area contributed by atoms with Crippen LogP contribution in [0.15, 0.2) is 47.4 Å². The summed E-state index contributed by atoms with van der Waals surface area (Å²) < 4.78 is 1.42. The maximum Gasteiger partial charge on any atom is 0.251 e. The smallest absolute Gasteiger partial charge is 0.251 e. The first kappa shape index (κ1) is 14.0. The third kappa shape index (κ3) is 3.13. The van der Waals surface area contributed by atoms with Crippen molar-refractivity contribution in [3.63, 3.8) is 0 Å². The van der Waals surface area contributed by atoms with Crippen LogP contribution in [0.25, 0.3) is 0 Å². The Labute approximate surface area is 117 Å². The van der Waals surface area contributed by atoms with Crippen LogP contribution in [0.3, 0.4) is 0 Å². The molecule has 1 aromatic carbocycles. The van der Waals surface area contributed by atoms with Crippen molar-refractivity contribution in [1.82, 2.24) is 9.88 Å². The number of aromatic nitrogens is 1. The first-order valence-corrected chi connectivity index (χ1v) is 6.33. The second-order valence-electron chi connectivity index (χ2n) is 4.52. The van der Waals surface area contributed by atoms with Gasteiger partial charge in [-0.2, -0.15) is 0 Å². The lowest BCUT2D eigenvalue weighted by molar-refractivity contribution is 0.0950. The number of amides is 1. The van der Waals surface area contributed by atoms with Gasteiger partial charge in [0.15, 0.2) is 0 Å². The summed E-state index contributed by atoms with van der Waals surface area (Å²) >= 11 is 0. The van der Waals surface area contributed by atoms with Gasteiger partial charge in [-0.15, -0.1) is 0 Å². The quantitative estimate of drug-likeness (QED) is 0.862. The number of pyridine rings is 1. The van der Waals surface area contributed by atoms with Gasteiger partial charge in [-0.1, -0.05) is 24.3 Å². The Morgan fingerprint density at radius 1 is 1.25 bits per heavy atom. The predicted octanol–water partition coefficient (Wildman–Crippen LogP) is 0.774. The highest BCUT2D eigenvalue weighted by Gasteiger charge is 2.07. The fourth-order valence-electron chi connectivity index (χ4n) is 1.90. The largest absolute Gasteiger partial charge is 0.348 e. The van der Waals surface area contributed by atoms with Crippen molar-refractivity contribution < 1.29 is 4.79 Å². The minimum Gasteiger partial charge on any atom is -0.348 e. The zero-order chi connectivity index (χ0) is 14.5. The average molecular weight is 271 g/mol. The van der Waals surface area contributed by atoms with E-state index in [1.165, 1.54) is 10.6 Å². The summed E-state index contributed by atoms with van der Waals surface area (Å²) in [7, 11) is 1.64. The van der Waals surface area contributed by atoms with Gasteiger partial charge in [-0.3, -0.25) is 9.59 Å². The van der Waals surface area contributed by atoms with E-state index in [1.54, 1.807) is 19.3 Å². The molecule has 0 saturated carbocycles. The van der Waals surface area contributed by atoms with Gasteiger partial charge in [0.2, 0.25) is 0 Å². The highest BCUT2D eigenvalue weighted by Crippen LogP contribution is 2.07. The molecule has 3 N–H and O–H groups in total. The molecular formula is C15H17N3O2. The van der Waals surface area contributed by atoms with E-state index in [-0.39, 0.29) is 11.5 Å². The van der Waals surface area contributed by atoms with Gasteiger partial charge in [0.05, 0.1) is 0 Å². The second-order valence-corrected chi connectivity index (χ2v) is 4.52. The maximum absolute atomic E-state index is 12.0. The van der Waals surface area contributed by atoms with E-state index in [0.29, 0.717) is 18.7 Å².